The monoisotopic (exact) mass is 254 g/mol. The number of aliphatic hydroxyl groups excluding tert-OH is 1. The molecule has 0 radical (unpaired) electrons. The molecule has 4 heteroatoms. The van der Waals surface area contributed by atoms with E-state index in [9.17, 15) is 9.90 Å². The number of nitrogens with one attached hydrogen (secondary N) is 1. The van der Waals surface area contributed by atoms with E-state index in [1.54, 1.807) is 0 Å². The van der Waals surface area contributed by atoms with E-state index >= 15 is 0 Å². The van der Waals surface area contributed by atoms with Crippen molar-refractivity contribution in [3.8, 4) is 0 Å². The standard InChI is InChI=1S/C14H26N2O2/c1-2-5-14(6-3-7-15-11-14)13(18)16-8-4-12(9-16)10-17/h12,15,17H,2-11H2,1H3. The fourth-order valence-electron chi connectivity index (χ4n) is 3.45. The molecule has 1 amide bonds. The third kappa shape index (κ3) is 2.69. The van der Waals surface area contributed by atoms with Crippen LogP contribution in [0.5, 0.6) is 0 Å². The van der Waals surface area contributed by atoms with Crippen molar-refractivity contribution in [2.24, 2.45) is 11.3 Å². The Morgan fingerprint density at radius 2 is 2.39 bits per heavy atom. The number of hydrogen-bond acceptors (Lipinski definition) is 3. The summed E-state index contributed by atoms with van der Waals surface area (Å²) >= 11 is 0. The molecule has 18 heavy (non-hydrogen) atoms. The van der Waals surface area contributed by atoms with Gasteiger partial charge < -0.3 is 15.3 Å². The van der Waals surface area contributed by atoms with Crippen LogP contribution in [0.1, 0.15) is 39.0 Å². The van der Waals surface area contributed by atoms with Gasteiger partial charge in [-0.15, -0.1) is 0 Å². The first-order chi connectivity index (χ1) is 8.72. The van der Waals surface area contributed by atoms with E-state index in [0.29, 0.717) is 11.8 Å². The second-order valence-corrected chi connectivity index (χ2v) is 5.90. The van der Waals surface area contributed by atoms with Crippen molar-refractivity contribution in [1.82, 2.24) is 10.2 Å². The van der Waals surface area contributed by atoms with Crippen LogP contribution < -0.4 is 5.32 Å². The molecular weight excluding hydrogens is 228 g/mol. The Hall–Kier alpha value is -0.610. The van der Waals surface area contributed by atoms with Crippen LogP contribution in [0.3, 0.4) is 0 Å². The van der Waals surface area contributed by atoms with Crippen molar-refractivity contribution in [3.63, 3.8) is 0 Å². The number of likely N-dealkylation sites (tertiary alicyclic amines) is 1. The molecule has 2 rings (SSSR count). The lowest BCUT2D eigenvalue weighted by Gasteiger charge is -2.39. The molecule has 2 saturated heterocycles. The third-order valence-corrected chi connectivity index (χ3v) is 4.49. The van der Waals surface area contributed by atoms with Gasteiger partial charge in [0.15, 0.2) is 0 Å². The molecule has 2 fully saturated rings. The molecular formula is C14H26N2O2. The molecule has 2 heterocycles. The summed E-state index contributed by atoms with van der Waals surface area (Å²) in [7, 11) is 0. The first-order valence-corrected chi connectivity index (χ1v) is 7.33. The number of rotatable bonds is 4. The van der Waals surface area contributed by atoms with Crippen LogP contribution in [-0.4, -0.2) is 48.7 Å². The van der Waals surface area contributed by atoms with Crippen LogP contribution >= 0.6 is 0 Å². The lowest BCUT2D eigenvalue weighted by Crippen LogP contribution is -2.51. The normalized spacial score (nSPS) is 32.8. The van der Waals surface area contributed by atoms with Gasteiger partial charge in [0.25, 0.3) is 0 Å². The molecule has 0 spiro atoms. The van der Waals surface area contributed by atoms with Crippen LogP contribution in [0.25, 0.3) is 0 Å². The van der Waals surface area contributed by atoms with E-state index in [0.717, 1.165) is 58.3 Å². The zero-order valence-electron chi connectivity index (χ0n) is 11.5. The van der Waals surface area contributed by atoms with E-state index in [1.807, 2.05) is 4.90 Å². The summed E-state index contributed by atoms with van der Waals surface area (Å²) in [6, 6.07) is 0. The number of amides is 1. The fourth-order valence-corrected chi connectivity index (χ4v) is 3.45. The lowest BCUT2D eigenvalue weighted by molar-refractivity contribution is -0.143. The Kier molecular flexibility index (Phi) is 4.62. The van der Waals surface area contributed by atoms with Crippen LogP contribution in [0.15, 0.2) is 0 Å². The quantitative estimate of drug-likeness (QED) is 0.787. The van der Waals surface area contributed by atoms with Gasteiger partial charge in [0.05, 0.1) is 5.41 Å². The van der Waals surface area contributed by atoms with Gasteiger partial charge in [-0.25, -0.2) is 0 Å². The van der Waals surface area contributed by atoms with E-state index in [1.165, 1.54) is 0 Å². The van der Waals surface area contributed by atoms with Crippen molar-refractivity contribution in [2.75, 3.05) is 32.8 Å². The highest BCUT2D eigenvalue weighted by Crippen LogP contribution is 2.35. The van der Waals surface area contributed by atoms with Gasteiger partial charge >= 0.3 is 0 Å². The Labute approximate surface area is 110 Å². The largest absolute Gasteiger partial charge is 0.396 e. The van der Waals surface area contributed by atoms with Crippen molar-refractivity contribution in [3.05, 3.63) is 0 Å². The molecule has 2 atom stereocenters. The highest BCUT2D eigenvalue weighted by Gasteiger charge is 2.42. The zero-order chi connectivity index (χ0) is 13.0. The maximum absolute atomic E-state index is 12.8. The summed E-state index contributed by atoms with van der Waals surface area (Å²) in [5.74, 6) is 0.622. The third-order valence-electron chi connectivity index (χ3n) is 4.49. The molecule has 104 valence electrons. The van der Waals surface area contributed by atoms with Crippen LogP contribution in [0.4, 0.5) is 0 Å². The molecule has 4 nitrogen and oxygen atoms in total. The van der Waals surface area contributed by atoms with Gasteiger partial charge in [-0.1, -0.05) is 13.3 Å². The Bertz CT molecular complexity index is 282. The predicted molar refractivity (Wildman–Crippen MR) is 71.2 cm³/mol. The van der Waals surface area contributed by atoms with Gasteiger partial charge in [0.2, 0.25) is 5.91 Å². The Morgan fingerprint density at radius 3 is 2.94 bits per heavy atom. The maximum Gasteiger partial charge on any atom is 0.230 e. The fraction of sp³-hybridized carbons (Fsp3) is 0.929. The molecule has 2 unspecified atom stereocenters. The smallest absolute Gasteiger partial charge is 0.230 e. The number of carbonyl (C=O) groups excluding carboxylic acids is 1. The first-order valence-electron chi connectivity index (χ1n) is 7.33. The minimum Gasteiger partial charge on any atom is -0.396 e. The van der Waals surface area contributed by atoms with Crippen molar-refractivity contribution in [1.29, 1.82) is 0 Å². The summed E-state index contributed by atoms with van der Waals surface area (Å²) in [4.78, 5) is 14.8. The molecule has 2 aliphatic rings. The van der Waals surface area contributed by atoms with Crippen molar-refractivity contribution < 1.29 is 9.90 Å². The lowest BCUT2D eigenvalue weighted by atomic mass is 9.75. The van der Waals surface area contributed by atoms with Gasteiger partial charge in [0, 0.05) is 32.2 Å². The first kappa shape index (κ1) is 13.8. The Morgan fingerprint density at radius 1 is 1.56 bits per heavy atom. The van der Waals surface area contributed by atoms with E-state index < -0.39 is 0 Å². The molecule has 2 aliphatic heterocycles. The summed E-state index contributed by atoms with van der Waals surface area (Å²) in [5, 5.41) is 12.6. The minimum absolute atomic E-state index is 0.169. The van der Waals surface area contributed by atoms with E-state index in [4.69, 9.17) is 0 Å². The molecule has 0 aliphatic carbocycles. The minimum atomic E-state index is -0.169. The average Bonchev–Trinajstić information content (AvgIpc) is 2.88. The molecule has 0 aromatic rings. The molecule has 0 aromatic carbocycles. The zero-order valence-corrected chi connectivity index (χ0v) is 11.5. The number of nitrogens with zero attached hydrogens (tertiary/aromatic N) is 1. The molecule has 2 N–H and O–H groups in total. The van der Waals surface area contributed by atoms with Gasteiger partial charge in [-0.05, 0) is 32.2 Å². The number of hydrogen-bond donors (Lipinski definition) is 2. The molecule has 0 bridgehead atoms. The van der Waals surface area contributed by atoms with Crippen LogP contribution in [0, 0.1) is 11.3 Å². The Balaban J connectivity index is 2.04. The highest BCUT2D eigenvalue weighted by molar-refractivity contribution is 5.83. The van der Waals surface area contributed by atoms with Crippen molar-refractivity contribution >= 4 is 5.91 Å². The van der Waals surface area contributed by atoms with Crippen molar-refractivity contribution in [2.45, 2.75) is 39.0 Å². The number of aliphatic hydroxyl groups is 1. The van der Waals surface area contributed by atoms with Gasteiger partial charge in [-0.2, -0.15) is 0 Å². The topological polar surface area (TPSA) is 52.6 Å². The van der Waals surface area contributed by atoms with Gasteiger partial charge in [0.1, 0.15) is 0 Å². The summed E-state index contributed by atoms with van der Waals surface area (Å²) in [6.45, 7) is 5.82. The highest BCUT2D eigenvalue weighted by atomic mass is 16.3. The second-order valence-electron chi connectivity index (χ2n) is 5.90. The maximum atomic E-state index is 12.8. The number of carbonyl (C=O) groups is 1. The predicted octanol–water partition coefficient (Wildman–Crippen LogP) is 0.997. The summed E-state index contributed by atoms with van der Waals surface area (Å²) < 4.78 is 0. The van der Waals surface area contributed by atoms with Crippen LogP contribution in [-0.2, 0) is 4.79 Å². The molecule has 0 saturated carbocycles. The summed E-state index contributed by atoms with van der Waals surface area (Å²) in [6.07, 6.45) is 5.12. The summed E-state index contributed by atoms with van der Waals surface area (Å²) in [5.41, 5.74) is -0.169. The second kappa shape index (κ2) is 6.02. The van der Waals surface area contributed by atoms with E-state index in [2.05, 4.69) is 12.2 Å². The van der Waals surface area contributed by atoms with Gasteiger partial charge in [-0.3, -0.25) is 4.79 Å². The molecule has 0 aromatic heterocycles. The van der Waals surface area contributed by atoms with E-state index in [-0.39, 0.29) is 12.0 Å². The number of piperidine rings is 1. The SMILES string of the molecule is CCCC1(C(=O)N2CCC(CO)C2)CCCNC1. The van der Waals surface area contributed by atoms with Crippen LogP contribution in [0.2, 0.25) is 0 Å². The average molecular weight is 254 g/mol.